The van der Waals surface area contributed by atoms with Crippen LogP contribution in [0.4, 0.5) is 5.69 Å². The van der Waals surface area contributed by atoms with Crippen molar-refractivity contribution in [3.8, 4) is 16.9 Å². The van der Waals surface area contributed by atoms with Crippen LogP contribution in [0.5, 0.6) is 5.75 Å². The molecular weight excluding hydrogens is 590 g/mol. The van der Waals surface area contributed by atoms with E-state index in [9.17, 15) is 9.59 Å². The van der Waals surface area contributed by atoms with Crippen molar-refractivity contribution in [2.75, 3.05) is 77.6 Å². The first-order valence-corrected chi connectivity index (χ1v) is 16.6. The lowest BCUT2D eigenvalue weighted by Crippen LogP contribution is -2.51. The van der Waals surface area contributed by atoms with Crippen LogP contribution in [0.25, 0.3) is 11.1 Å². The number of fused-ring (bicyclic) bond motifs is 2. The zero-order chi connectivity index (χ0) is 32.3. The molecule has 4 heterocycles. The Morgan fingerprint density at radius 2 is 1.47 bits per heavy atom. The molecule has 0 saturated carbocycles. The summed E-state index contributed by atoms with van der Waals surface area (Å²) in [6, 6.07) is 25.8. The number of carbonyl (C=O) groups excluding carboxylic acids is 2. The van der Waals surface area contributed by atoms with Gasteiger partial charge in [-0.1, -0.05) is 42.5 Å². The summed E-state index contributed by atoms with van der Waals surface area (Å²) in [7, 11) is 1.67. The fraction of sp³-hybridized carbons (Fsp3) is 0.368. The number of methoxy groups -OCH3 is 1. The number of hydrogen-bond acceptors (Lipinski definition) is 6. The number of para-hydroxylation sites is 2. The number of morpholine rings is 1. The van der Waals surface area contributed by atoms with Crippen molar-refractivity contribution < 1.29 is 19.1 Å². The Labute approximate surface area is 276 Å². The lowest BCUT2D eigenvalue weighted by molar-refractivity contribution is 0.0292. The molecule has 9 nitrogen and oxygen atoms in total. The zero-order valence-electron chi connectivity index (χ0n) is 27.4. The van der Waals surface area contributed by atoms with Crippen LogP contribution < -0.4 is 9.64 Å². The highest BCUT2D eigenvalue weighted by molar-refractivity contribution is 6.07. The second-order valence-corrected chi connectivity index (χ2v) is 12.6. The Kier molecular flexibility index (Phi) is 9.11. The molecule has 4 aromatic rings. The minimum absolute atomic E-state index is 0.0592. The molecule has 2 saturated heterocycles. The molecule has 3 aliphatic rings. The molecule has 47 heavy (non-hydrogen) atoms. The number of nitrogens with zero attached hydrogens (tertiary/aromatic N) is 5. The fourth-order valence-corrected chi connectivity index (χ4v) is 7.09. The third-order valence-electron chi connectivity index (χ3n) is 9.83. The smallest absolute Gasteiger partial charge is 0.270 e. The van der Waals surface area contributed by atoms with Crippen molar-refractivity contribution in [2.45, 2.75) is 20.0 Å². The van der Waals surface area contributed by atoms with Crippen molar-refractivity contribution in [3.63, 3.8) is 0 Å². The number of piperazine rings is 1. The molecule has 0 atom stereocenters. The molecule has 0 spiro atoms. The van der Waals surface area contributed by atoms with E-state index < -0.39 is 0 Å². The predicted molar refractivity (Wildman–Crippen MR) is 183 cm³/mol. The van der Waals surface area contributed by atoms with Crippen LogP contribution in [0.15, 0.2) is 78.9 Å². The summed E-state index contributed by atoms with van der Waals surface area (Å²) in [6.45, 7) is 11.8. The average molecular weight is 634 g/mol. The van der Waals surface area contributed by atoms with Gasteiger partial charge in [-0.05, 0) is 60.0 Å². The molecule has 2 fully saturated rings. The van der Waals surface area contributed by atoms with Crippen LogP contribution in [0.2, 0.25) is 0 Å². The van der Waals surface area contributed by atoms with Gasteiger partial charge in [0.2, 0.25) is 0 Å². The van der Waals surface area contributed by atoms with Crippen molar-refractivity contribution in [2.24, 2.45) is 0 Å². The van der Waals surface area contributed by atoms with Gasteiger partial charge >= 0.3 is 0 Å². The SMILES string of the molecule is COc1ccccc1-c1ccc(C(=O)N2Cc3ccc(C(=O)N4CCN(CCN5CCOCC5)CC4)n3Cc3ccccc32)cc1C. The van der Waals surface area contributed by atoms with Crippen molar-refractivity contribution in [3.05, 3.63) is 107 Å². The van der Waals surface area contributed by atoms with Crippen molar-refractivity contribution in [1.82, 2.24) is 19.3 Å². The number of hydrogen-bond donors (Lipinski definition) is 0. The van der Waals surface area contributed by atoms with Gasteiger partial charge in [0, 0.05) is 74.9 Å². The Hall–Kier alpha value is -4.44. The lowest BCUT2D eigenvalue weighted by Gasteiger charge is -2.36. The van der Waals surface area contributed by atoms with Crippen LogP contribution in [-0.2, 0) is 17.8 Å². The second kappa shape index (κ2) is 13.7. The summed E-state index contributed by atoms with van der Waals surface area (Å²) in [5, 5.41) is 0. The molecule has 0 aliphatic carbocycles. The molecular formula is C38H43N5O4. The van der Waals surface area contributed by atoms with E-state index in [-0.39, 0.29) is 11.8 Å². The molecule has 244 valence electrons. The van der Waals surface area contributed by atoms with Gasteiger partial charge in [-0.2, -0.15) is 0 Å². The number of aromatic nitrogens is 1. The molecule has 2 amide bonds. The number of carbonyl (C=O) groups is 2. The first-order chi connectivity index (χ1) is 23.0. The van der Waals surface area contributed by atoms with E-state index in [0.29, 0.717) is 37.4 Å². The molecule has 3 aliphatic heterocycles. The first-order valence-electron chi connectivity index (χ1n) is 16.6. The maximum Gasteiger partial charge on any atom is 0.270 e. The predicted octanol–water partition coefficient (Wildman–Crippen LogP) is 4.77. The quantitative estimate of drug-likeness (QED) is 0.292. The summed E-state index contributed by atoms with van der Waals surface area (Å²) in [6.07, 6.45) is 0. The molecule has 0 unspecified atom stereocenters. The summed E-state index contributed by atoms with van der Waals surface area (Å²) in [5.41, 5.74) is 7.17. The summed E-state index contributed by atoms with van der Waals surface area (Å²) >= 11 is 0. The number of benzene rings is 3. The third kappa shape index (κ3) is 6.43. The largest absolute Gasteiger partial charge is 0.496 e. The van der Waals surface area contributed by atoms with Gasteiger partial charge in [0.05, 0.1) is 33.4 Å². The van der Waals surface area contributed by atoms with E-state index >= 15 is 0 Å². The number of anilines is 1. The lowest BCUT2D eigenvalue weighted by atomic mass is 9.97. The molecule has 1 aromatic heterocycles. The topological polar surface area (TPSA) is 70.5 Å². The maximum absolute atomic E-state index is 14.2. The second-order valence-electron chi connectivity index (χ2n) is 12.6. The molecule has 0 N–H and O–H groups in total. The van der Waals surface area contributed by atoms with Crippen LogP contribution in [0, 0.1) is 6.92 Å². The highest BCUT2D eigenvalue weighted by Crippen LogP contribution is 2.34. The van der Waals surface area contributed by atoms with Gasteiger partial charge in [-0.15, -0.1) is 0 Å². The molecule has 9 heteroatoms. The highest BCUT2D eigenvalue weighted by Gasteiger charge is 2.30. The van der Waals surface area contributed by atoms with Crippen LogP contribution in [-0.4, -0.2) is 104 Å². The van der Waals surface area contributed by atoms with Gasteiger partial charge in [-0.25, -0.2) is 0 Å². The Bertz CT molecular complexity index is 1750. The van der Waals surface area contributed by atoms with Crippen LogP contribution in [0.1, 0.15) is 37.7 Å². The first kappa shape index (κ1) is 31.2. The minimum Gasteiger partial charge on any atom is -0.496 e. The van der Waals surface area contributed by atoms with Gasteiger partial charge in [0.15, 0.2) is 0 Å². The number of amides is 2. The standard InChI is InChI=1S/C38H43N5O4/c1-28-25-29(11-13-32(28)33-8-4-6-10-36(33)46-2)37(44)43-27-31-12-14-35(42(31)26-30-7-3-5-9-34(30)43)38(45)41-19-17-39(18-20-41)15-16-40-21-23-47-24-22-40/h3-14,25H,15-24,26-27H2,1-2H3. The van der Waals surface area contributed by atoms with Crippen LogP contribution in [0.3, 0.4) is 0 Å². The summed E-state index contributed by atoms with van der Waals surface area (Å²) in [4.78, 5) is 36.9. The van der Waals surface area contributed by atoms with E-state index in [1.165, 1.54) is 0 Å². The molecule has 0 radical (unpaired) electrons. The van der Waals surface area contributed by atoms with E-state index in [1.54, 1.807) is 7.11 Å². The van der Waals surface area contributed by atoms with Crippen molar-refractivity contribution >= 4 is 17.5 Å². The maximum atomic E-state index is 14.2. The van der Waals surface area contributed by atoms with Gasteiger partial charge < -0.3 is 23.8 Å². The zero-order valence-corrected chi connectivity index (χ0v) is 27.4. The third-order valence-corrected chi connectivity index (χ3v) is 9.83. The van der Waals surface area contributed by atoms with Crippen molar-refractivity contribution in [1.29, 1.82) is 0 Å². The molecule has 3 aromatic carbocycles. The molecule has 0 bridgehead atoms. The molecule has 7 rings (SSSR count). The number of ether oxygens (including phenoxy) is 2. The van der Waals surface area contributed by atoms with Gasteiger partial charge in [0.25, 0.3) is 11.8 Å². The highest BCUT2D eigenvalue weighted by atomic mass is 16.5. The monoisotopic (exact) mass is 633 g/mol. The summed E-state index contributed by atoms with van der Waals surface area (Å²) in [5.74, 6) is 0.791. The van der Waals surface area contributed by atoms with E-state index in [0.717, 1.165) is 91.9 Å². The number of rotatable bonds is 7. The number of aryl methyl sites for hydroxylation is 1. The fourth-order valence-electron chi connectivity index (χ4n) is 7.09. The van der Waals surface area contributed by atoms with E-state index in [2.05, 4.69) is 20.4 Å². The van der Waals surface area contributed by atoms with E-state index in [4.69, 9.17) is 9.47 Å². The minimum atomic E-state index is -0.0668. The average Bonchev–Trinajstić information content (AvgIpc) is 3.43. The Morgan fingerprint density at radius 1 is 0.745 bits per heavy atom. The summed E-state index contributed by atoms with van der Waals surface area (Å²) < 4.78 is 13.2. The van der Waals surface area contributed by atoms with E-state index in [1.807, 2.05) is 89.5 Å². The Morgan fingerprint density at radius 3 is 2.23 bits per heavy atom. The normalized spacial score (nSPS) is 17.1. The Balaban J connectivity index is 1.08. The van der Waals surface area contributed by atoms with Gasteiger partial charge in [0.1, 0.15) is 11.4 Å². The van der Waals surface area contributed by atoms with Gasteiger partial charge in [-0.3, -0.25) is 19.4 Å². The van der Waals surface area contributed by atoms with Crippen LogP contribution >= 0.6 is 0 Å².